The monoisotopic (exact) mass is 155 g/mol. The molecule has 66 valence electrons. The quantitative estimate of drug-likeness (QED) is 0.526. The summed E-state index contributed by atoms with van der Waals surface area (Å²) in [5.74, 6) is 0.648. The highest BCUT2D eigenvalue weighted by molar-refractivity contribution is 4.69. The van der Waals surface area contributed by atoms with Gasteiger partial charge in [0.15, 0.2) is 0 Å². The van der Waals surface area contributed by atoms with Crippen LogP contribution >= 0.6 is 0 Å². The summed E-state index contributed by atoms with van der Waals surface area (Å²) in [6.07, 6.45) is 4.74. The largest absolute Gasteiger partial charge is 0.306 e. The van der Waals surface area contributed by atoms with Crippen LogP contribution in [0.3, 0.4) is 0 Å². The van der Waals surface area contributed by atoms with Gasteiger partial charge in [0.1, 0.15) is 0 Å². The van der Waals surface area contributed by atoms with Gasteiger partial charge in [0.05, 0.1) is 0 Å². The summed E-state index contributed by atoms with van der Waals surface area (Å²) < 4.78 is 0. The zero-order chi connectivity index (χ0) is 8.69. The van der Waals surface area contributed by atoms with Gasteiger partial charge in [-0.1, -0.05) is 19.9 Å². The maximum absolute atomic E-state index is 3.56. The first-order valence-corrected chi connectivity index (χ1v) is 4.48. The molecule has 1 fully saturated rings. The van der Waals surface area contributed by atoms with E-state index in [1.165, 1.54) is 25.9 Å². The van der Waals surface area contributed by atoms with Gasteiger partial charge in [-0.05, 0) is 38.9 Å². The minimum absolute atomic E-state index is 0.648. The summed E-state index contributed by atoms with van der Waals surface area (Å²) in [5, 5.41) is 0. The Kier molecular flexibility index (Phi) is 6.24. The lowest BCUT2D eigenvalue weighted by molar-refractivity contribution is 0.418. The van der Waals surface area contributed by atoms with E-state index in [2.05, 4.69) is 32.4 Å². The molecule has 0 aromatic carbocycles. The Morgan fingerprint density at radius 1 is 1.27 bits per heavy atom. The fraction of sp³-hybridized carbons (Fsp3) is 0.800. The van der Waals surface area contributed by atoms with E-state index in [0.29, 0.717) is 5.92 Å². The van der Waals surface area contributed by atoms with Crippen LogP contribution in [0.15, 0.2) is 12.7 Å². The average molecular weight is 155 g/mol. The van der Waals surface area contributed by atoms with Gasteiger partial charge >= 0.3 is 0 Å². The molecule has 0 aliphatic carbocycles. The van der Waals surface area contributed by atoms with Crippen LogP contribution in [0, 0.1) is 5.92 Å². The number of hydrogen-bond acceptors (Lipinski definition) is 1. The Labute approximate surface area is 71.1 Å². The van der Waals surface area contributed by atoms with E-state index in [1.54, 1.807) is 0 Å². The van der Waals surface area contributed by atoms with Crippen LogP contribution in [0.25, 0.3) is 0 Å². The normalized spacial score (nSPS) is 17.8. The first kappa shape index (κ1) is 10.7. The number of likely N-dealkylation sites (tertiary alicyclic amines) is 1. The Bertz CT molecular complexity index is 91.0. The van der Waals surface area contributed by atoms with Crippen LogP contribution in [0.1, 0.15) is 26.7 Å². The van der Waals surface area contributed by atoms with Gasteiger partial charge in [-0.3, -0.25) is 0 Å². The molecule has 0 unspecified atom stereocenters. The zero-order valence-electron chi connectivity index (χ0n) is 8.14. The molecule has 0 N–H and O–H groups in total. The van der Waals surface area contributed by atoms with Crippen LogP contribution in [-0.2, 0) is 0 Å². The lowest BCUT2D eigenvalue weighted by atomic mass is 10.2. The summed E-state index contributed by atoms with van der Waals surface area (Å²) in [5.41, 5.74) is 0. The summed E-state index contributed by atoms with van der Waals surface area (Å²) >= 11 is 0. The molecule has 11 heavy (non-hydrogen) atoms. The maximum atomic E-state index is 3.56. The average Bonchev–Trinajstić information content (AvgIpc) is 2.41. The fourth-order valence-electron chi connectivity index (χ4n) is 0.875. The minimum Gasteiger partial charge on any atom is -0.306 e. The number of hydrogen-bond donors (Lipinski definition) is 0. The van der Waals surface area contributed by atoms with Crippen LogP contribution in [-0.4, -0.2) is 25.0 Å². The zero-order valence-corrected chi connectivity index (χ0v) is 8.14. The molecule has 1 heteroatoms. The second kappa shape index (κ2) is 6.41. The van der Waals surface area contributed by atoms with Gasteiger partial charge < -0.3 is 4.90 Å². The lowest BCUT2D eigenvalue weighted by Gasteiger charge is -2.01. The molecule has 0 saturated carbocycles. The van der Waals surface area contributed by atoms with Crippen LogP contribution in [0.2, 0.25) is 0 Å². The van der Waals surface area contributed by atoms with E-state index in [1.807, 2.05) is 6.08 Å². The van der Waals surface area contributed by atoms with Crippen molar-refractivity contribution in [3.05, 3.63) is 12.7 Å². The third-order valence-corrected chi connectivity index (χ3v) is 1.80. The molecule has 0 aromatic rings. The van der Waals surface area contributed by atoms with E-state index in [0.717, 1.165) is 0 Å². The van der Waals surface area contributed by atoms with Crippen molar-refractivity contribution in [1.29, 1.82) is 0 Å². The second-order valence-electron chi connectivity index (χ2n) is 3.49. The molecule has 1 rings (SSSR count). The summed E-state index contributed by atoms with van der Waals surface area (Å²) in [6, 6.07) is 0. The van der Waals surface area contributed by atoms with E-state index in [4.69, 9.17) is 0 Å². The van der Waals surface area contributed by atoms with E-state index >= 15 is 0 Å². The molecule has 0 aromatic heterocycles. The highest BCUT2D eigenvalue weighted by Crippen LogP contribution is 2.02. The maximum Gasteiger partial charge on any atom is -0.00213 e. The van der Waals surface area contributed by atoms with Crippen molar-refractivity contribution in [2.45, 2.75) is 26.7 Å². The highest BCUT2D eigenvalue weighted by atomic mass is 15.1. The molecule has 0 amide bonds. The minimum atomic E-state index is 0.648. The molecule has 1 aliphatic heterocycles. The van der Waals surface area contributed by atoms with Gasteiger partial charge in [-0.2, -0.15) is 0 Å². The first-order chi connectivity index (χ1) is 5.16. The van der Waals surface area contributed by atoms with Crippen LogP contribution < -0.4 is 0 Å². The lowest BCUT2D eigenvalue weighted by Crippen LogP contribution is -2.10. The smallest absolute Gasteiger partial charge is 0.00213 e. The molecular weight excluding hydrogens is 134 g/mol. The van der Waals surface area contributed by atoms with E-state index < -0.39 is 0 Å². The Hall–Kier alpha value is -0.300. The predicted molar refractivity (Wildman–Crippen MR) is 51.8 cm³/mol. The third-order valence-electron chi connectivity index (χ3n) is 1.80. The Balaban J connectivity index is 0.000000187. The fourth-order valence-corrected chi connectivity index (χ4v) is 0.875. The number of rotatable bonds is 1. The molecular formula is C10H21N. The highest BCUT2D eigenvalue weighted by Gasteiger charge is 2.03. The number of nitrogens with zero attached hydrogens (tertiary/aromatic N) is 1. The molecule has 0 bridgehead atoms. The van der Waals surface area contributed by atoms with Gasteiger partial charge in [0, 0.05) is 0 Å². The second-order valence-corrected chi connectivity index (χ2v) is 3.49. The topological polar surface area (TPSA) is 3.24 Å². The van der Waals surface area contributed by atoms with Crippen molar-refractivity contribution in [3.8, 4) is 0 Å². The third kappa shape index (κ3) is 7.60. The van der Waals surface area contributed by atoms with Crippen molar-refractivity contribution in [1.82, 2.24) is 4.90 Å². The Morgan fingerprint density at radius 2 is 1.64 bits per heavy atom. The van der Waals surface area contributed by atoms with Crippen molar-refractivity contribution < 1.29 is 0 Å². The summed E-state index contributed by atoms with van der Waals surface area (Å²) in [6.45, 7) is 10.4. The van der Waals surface area contributed by atoms with Crippen LogP contribution in [0.5, 0.6) is 0 Å². The van der Waals surface area contributed by atoms with Crippen molar-refractivity contribution in [2.75, 3.05) is 20.1 Å². The molecule has 0 spiro atoms. The van der Waals surface area contributed by atoms with Crippen LogP contribution in [0.4, 0.5) is 0 Å². The molecule has 1 saturated heterocycles. The first-order valence-electron chi connectivity index (χ1n) is 4.48. The van der Waals surface area contributed by atoms with Gasteiger partial charge in [0.2, 0.25) is 0 Å². The summed E-state index contributed by atoms with van der Waals surface area (Å²) in [4.78, 5) is 2.36. The predicted octanol–water partition coefficient (Wildman–Crippen LogP) is 2.54. The molecule has 0 radical (unpaired) electrons. The van der Waals surface area contributed by atoms with E-state index in [9.17, 15) is 0 Å². The summed E-state index contributed by atoms with van der Waals surface area (Å²) in [7, 11) is 2.17. The van der Waals surface area contributed by atoms with E-state index in [-0.39, 0.29) is 0 Å². The number of allylic oxidation sites excluding steroid dienone is 1. The standard InChI is InChI=1S/C5H11N.C5H10/c1-6-4-2-3-5-6;1-4-5(2)3/h2-5H2,1H3;4-5H,1H2,2-3H3. The van der Waals surface area contributed by atoms with Gasteiger partial charge in [-0.15, -0.1) is 6.58 Å². The van der Waals surface area contributed by atoms with Gasteiger partial charge in [0.25, 0.3) is 0 Å². The Morgan fingerprint density at radius 3 is 1.73 bits per heavy atom. The van der Waals surface area contributed by atoms with Crippen molar-refractivity contribution in [2.24, 2.45) is 5.92 Å². The van der Waals surface area contributed by atoms with Gasteiger partial charge in [-0.25, -0.2) is 0 Å². The SMILES string of the molecule is C=CC(C)C.CN1CCCC1. The molecule has 1 heterocycles. The molecule has 1 aliphatic rings. The molecule has 0 atom stereocenters. The van der Waals surface area contributed by atoms with Crippen molar-refractivity contribution in [3.63, 3.8) is 0 Å². The molecule has 1 nitrogen and oxygen atoms in total. The van der Waals surface area contributed by atoms with Crippen molar-refractivity contribution >= 4 is 0 Å².